The van der Waals surface area contributed by atoms with Crippen LogP contribution in [0.1, 0.15) is 11.1 Å². The van der Waals surface area contributed by atoms with Gasteiger partial charge in [0.2, 0.25) is 0 Å². The van der Waals surface area contributed by atoms with Crippen LogP contribution < -0.4 is 10.5 Å². The number of aromatic amines is 1. The standard InChI is InChI=1S/C19H14F3N3O2S/c20-19(21,22)14-3-1-2-12(10-14)11-25(18(27)28)15-6-4-13(5-7-15)16-8-9-17(26)24-23-16/h1-10H,11H2,(H,24,26)(H,27,28). The van der Waals surface area contributed by atoms with E-state index in [1.165, 1.54) is 23.1 Å². The summed E-state index contributed by atoms with van der Waals surface area (Å²) in [5.74, 6) is 0. The molecule has 3 aromatic rings. The highest BCUT2D eigenvalue weighted by Gasteiger charge is 2.30. The van der Waals surface area contributed by atoms with Gasteiger partial charge < -0.3 is 0 Å². The van der Waals surface area contributed by atoms with E-state index in [-0.39, 0.29) is 12.1 Å². The minimum absolute atomic E-state index is 0.0670. The molecule has 1 amide bonds. The van der Waals surface area contributed by atoms with Gasteiger partial charge in [-0.15, -0.1) is 0 Å². The van der Waals surface area contributed by atoms with Gasteiger partial charge in [0.25, 0.3) is 10.8 Å². The Labute approximate surface area is 163 Å². The van der Waals surface area contributed by atoms with Crippen LogP contribution in [0.25, 0.3) is 11.3 Å². The quantitative estimate of drug-likeness (QED) is 0.628. The number of amides is 1. The lowest BCUT2D eigenvalue weighted by atomic mass is 10.1. The molecule has 1 N–H and O–H groups in total. The Balaban J connectivity index is 1.86. The van der Waals surface area contributed by atoms with E-state index in [2.05, 4.69) is 22.8 Å². The number of halogens is 3. The fraction of sp³-hybridized carbons (Fsp3) is 0.105. The second-order valence-corrected chi connectivity index (χ2v) is 6.30. The molecule has 0 aliphatic heterocycles. The summed E-state index contributed by atoms with van der Waals surface area (Å²) in [5, 5.41) is 5.64. The summed E-state index contributed by atoms with van der Waals surface area (Å²) < 4.78 is 38.7. The molecule has 0 bridgehead atoms. The van der Waals surface area contributed by atoms with E-state index >= 15 is 0 Å². The number of H-pyrrole nitrogens is 1. The highest BCUT2D eigenvalue weighted by Crippen LogP contribution is 2.30. The third-order valence-electron chi connectivity index (χ3n) is 3.98. The van der Waals surface area contributed by atoms with E-state index in [4.69, 9.17) is 0 Å². The molecule has 144 valence electrons. The maximum Gasteiger partial charge on any atom is 0.416 e. The van der Waals surface area contributed by atoms with Crippen molar-refractivity contribution < 1.29 is 18.0 Å². The number of carbonyl (C=O) groups is 1. The van der Waals surface area contributed by atoms with E-state index in [1.54, 1.807) is 30.3 Å². The summed E-state index contributed by atoms with van der Waals surface area (Å²) in [6, 6.07) is 14.3. The van der Waals surface area contributed by atoms with Gasteiger partial charge in [0.15, 0.2) is 0 Å². The Morgan fingerprint density at radius 3 is 2.36 bits per heavy atom. The molecule has 0 saturated carbocycles. The number of rotatable bonds is 4. The molecule has 1 heterocycles. The predicted octanol–water partition coefficient (Wildman–Crippen LogP) is 4.51. The topological polar surface area (TPSA) is 66.1 Å². The fourth-order valence-corrected chi connectivity index (χ4v) is 2.80. The molecule has 0 spiro atoms. The van der Waals surface area contributed by atoms with Crippen LogP contribution in [0.5, 0.6) is 0 Å². The zero-order chi connectivity index (χ0) is 20.3. The van der Waals surface area contributed by atoms with Crippen molar-refractivity contribution in [3.63, 3.8) is 0 Å². The molecule has 0 unspecified atom stereocenters. The maximum atomic E-state index is 12.9. The van der Waals surface area contributed by atoms with Gasteiger partial charge in [-0.25, -0.2) is 5.10 Å². The third kappa shape index (κ3) is 4.61. The number of nitrogens with one attached hydrogen (secondary N) is 1. The molecule has 28 heavy (non-hydrogen) atoms. The van der Waals surface area contributed by atoms with Gasteiger partial charge in [-0.05, 0) is 35.9 Å². The van der Waals surface area contributed by atoms with Crippen LogP contribution in [-0.4, -0.2) is 15.4 Å². The summed E-state index contributed by atoms with van der Waals surface area (Å²) >= 11 is 3.84. The minimum atomic E-state index is -4.46. The first-order valence-electron chi connectivity index (χ1n) is 8.07. The van der Waals surface area contributed by atoms with E-state index in [0.717, 1.165) is 12.1 Å². The molecule has 3 rings (SSSR count). The lowest BCUT2D eigenvalue weighted by Crippen LogP contribution is -2.25. The molecule has 0 aliphatic carbocycles. The van der Waals surface area contributed by atoms with Crippen molar-refractivity contribution in [1.82, 2.24) is 10.2 Å². The van der Waals surface area contributed by atoms with Crippen LogP contribution in [0.4, 0.5) is 23.7 Å². The molecule has 1 aromatic heterocycles. The van der Waals surface area contributed by atoms with Crippen molar-refractivity contribution in [2.75, 3.05) is 4.90 Å². The fourth-order valence-electron chi connectivity index (χ4n) is 2.62. The number of carbonyl (C=O) groups excluding carboxylic acids is 1. The normalized spacial score (nSPS) is 11.3. The zero-order valence-corrected chi connectivity index (χ0v) is 15.2. The van der Waals surface area contributed by atoms with Gasteiger partial charge >= 0.3 is 6.18 Å². The first kappa shape index (κ1) is 19.7. The molecule has 0 atom stereocenters. The third-order valence-corrected chi connectivity index (χ3v) is 4.22. The van der Waals surface area contributed by atoms with Gasteiger partial charge in [-0.3, -0.25) is 14.5 Å². The summed E-state index contributed by atoms with van der Waals surface area (Å²) in [5.41, 5.74) is 0.914. The van der Waals surface area contributed by atoms with E-state index in [9.17, 15) is 22.8 Å². The van der Waals surface area contributed by atoms with E-state index in [0.29, 0.717) is 22.5 Å². The largest absolute Gasteiger partial charge is 0.416 e. The van der Waals surface area contributed by atoms with Crippen LogP contribution in [0.3, 0.4) is 0 Å². The Morgan fingerprint density at radius 2 is 1.79 bits per heavy atom. The summed E-state index contributed by atoms with van der Waals surface area (Å²) in [7, 11) is 0. The predicted molar refractivity (Wildman–Crippen MR) is 102 cm³/mol. The molecule has 0 radical (unpaired) electrons. The van der Waals surface area contributed by atoms with Crippen molar-refractivity contribution in [2.45, 2.75) is 12.7 Å². The number of thiol groups is 1. The smallest absolute Gasteiger partial charge is 0.299 e. The lowest BCUT2D eigenvalue weighted by molar-refractivity contribution is -0.137. The Bertz CT molecular complexity index is 1030. The molecule has 2 aromatic carbocycles. The molecular formula is C19H14F3N3O2S. The minimum Gasteiger partial charge on any atom is -0.299 e. The number of alkyl halides is 3. The number of nitrogens with zero attached hydrogens (tertiary/aromatic N) is 2. The van der Waals surface area contributed by atoms with Crippen molar-refractivity contribution >= 4 is 23.6 Å². The lowest BCUT2D eigenvalue weighted by Gasteiger charge is -2.21. The summed E-state index contributed by atoms with van der Waals surface area (Å²) in [6.07, 6.45) is -4.46. The molecule has 5 nitrogen and oxygen atoms in total. The second kappa shape index (κ2) is 7.89. The first-order chi connectivity index (χ1) is 13.2. The summed E-state index contributed by atoms with van der Waals surface area (Å²) in [6.45, 7) is -0.0670. The van der Waals surface area contributed by atoms with Gasteiger partial charge in [0.1, 0.15) is 0 Å². The Kier molecular flexibility index (Phi) is 5.55. The van der Waals surface area contributed by atoms with Crippen molar-refractivity contribution in [3.05, 3.63) is 82.1 Å². The van der Waals surface area contributed by atoms with Crippen LogP contribution in [-0.2, 0) is 12.7 Å². The highest BCUT2D eigenvalue weighted by atomic mass is 32.1. The SMILES string of the molecule is O=C(S)N(Cc1cccc(C(F)(F)F)c1)c1ccc(-c2ccc(=O)[nH]n2)cc1. The van der Waals surface area contributed by atoms with Crippen molar-refractivity contribution in [1.29, 1.82) is 0 Å². The van der Waals surface area contributed by atoms with Crippen LogP contribution >= 0.6 is 12.6 Å². The van der Waals surface area contributed by atoms with Crippen molar-refractivity contribution in [2.24, 2.45) is 0 Å². The molecule has 0 fully saturated rings. The summed E-state index contributed by atoms with van der Waals surface area (Å²) in [4.78, 5) is 24.3. The van der Waals surface area contributed by atoms with Crippen molar-refractivity contribution in [3.8, 4) is 11.3 Å². The molecule has 0 aliphatic rings. The van der Waals surface area contributed by atoms with Crippen LogP contribution in [0, 0.1) is 0 Å². The average Bonchev–Trinajstić information content (AvgIpc) is 2.66. The second-order valence-electron chi connectivity index (χ2n) is 5.92. The average molecular weight is 405 g/mol. The highest BCUT2D eigenvalue weighted by molar-refractivity contribution is 7.96. The molecular weight excluding hydrogens is 391 g/mol. The maximum absolute atomic E-state index is 12.9. The Morgan fingerprint density at radius 1 is 1.07 bits per heavy atom. The van der Waals surface area contributed by atoms with Gasteiger partial charge in [-0.1, -0.05) is 36.9 Å². The van der Waals surface area contributed by atoms with E-state index < -0.39 is 17.0 Å². The number of aromatic nitrogens is 2. The van der Waals surface area contributed by atoms with Gasteiger partial charge in [0, 0.05) is 17.3 Å². The number of benzene rings is 2. The zero-order valence-electron chi connectivity index (χ0n) is 14.3. The van der Waals surface area contributed by atoms with E-state index in [1.807, 2.05) is 0 Å². The monoisotopic (exact) mass is 405 g/mol. The Hall–Kier alpha value is -3.07. The number of hydrogen-bond donors (Lipinski definition) is 2. The number of hydrogen-bond acceptors (Lipinski definition) is 3. The molecule has 0 saturated heterocycles. The van der Waals surface area contributed by atoms with Crippen LogP contribution in [0.2, 0.25) is 0 Å². The van der Waals surface area contributed by atoms with Crippen LogP contribution in [0.15, 0.2) is 65.5 Å². The first-order valence-corrected chi connectivity index (χ1v) is 8.51. The van der Waals surface area contributed by atoms with Gasteiger partial charge in [-0.2, -0.15) is 18.3 Å². The van der Waals surface area contributed by atoms with Gasteiger partial charge in [0.05, 0.1) is 17.8 Å². The molecule has 9 heteroatoms. The number of anilines is 1.